The third-order valence-corrected chi connectivity index (χ3v) is 7.12. The van der Waals surface area contributed by atoms with Crippen LogP contribution in [0.25, 0.3) is 0 Å². The van der Waals surface area contributed by atoms with Crippen LogP contribution in [0.2, 0.25) is 0 Å². The minimum absolute atomic E-state index is 0.0254. The maximum Gasteiger partial charge on any atom is 0.270 e. The van der Waals surface area contributed by atoms with Crippen LogP contribution in [0.15, 0.2) is 21.6 Å². The highest BCUT2D eigenvalue weighted by Gasteiger charge is 2.32. The van der Waals surface area contributed by atoms with Crippen LogP contribution in [0, 0.1) is 0 Å². The predicted octanol–water partition coefficient (Wildman–Crippen LogP) is 4.30. The van der Waals surface area contributed by atoms with Crippen molar-refractivity contribution in [1.29, 1.82) is 0 Å². The molecule has 0 bridgehead atoms. The van der Waals surface area contributed by atoms with E-state index in [4.69, 9.17) is 0 Å². The van der Waals surface area contributed by atoms with Crippen molar-refractivity contribution >= 4 is 34.8 Å². The zero-order valence-corrected chi connectivity index (χ0v) is 15.8. The average Bonchev–Trinajstić information content (AvgIpc) is 3.14. The van der Waals surface area contributed by atoms with E-state index in [2.05, 4.69) is 21.9 Å². The average molecular weight is 378 g/mol. The highest BCUT2D eigenvalue weighted by atomic mass is 32.2. The van der Waals surface area contributed by atoms with Crippen LogP contribution < -0.4 is 10.9 Å². The first-order chi connectivity index (χ1) is 12.2. The maximum absolute atomic E-state index is 12.8. The van der Waals surface area contributed by atoms with E-state index in [0.29, 0.717) is 17.1 Å². The van der Waals surface area contributed by atoms with E-state index >= 15 is 0 Å². The van der Waals surface area contributed by atoms with E-state index in [1.165, 1.54) is 43.9 Å². The van der Waals surface area contributed by atoms with Crippen LogP contribution >= 0.6 is 23.1 Å². The van der Waals surface area contributed by atoms with Crippen LogP contribution in [0.3, 0.4) is 0 Å². The Kier molecular flexibility index (Phi) is 5.03. The van der Waals surface area contributed by atoms with Crippen LogP contribution in [-0.2, 0) is 4.79 Å². The van der Waals surface area contributed by atoms with E-state index in [0.717, 1.165) is 18.4 Å². The number of rotatable bonds is 2. The van der Waals surface area contributed by atoms with Crippen molar-refractivity contribution in [2.75, 3.05) is 11.1 Å². The third-order valence-electron chi connectivity index (χ3n) is 5.15. The summed E-state index contributed by atoms with van der Waals surface area (Å²) in [6.07, 6.45) is 8.29. The molecular weight excluding hydrogens is 354 g/mol. The zero-order valence-electron chi connectivity index (χ0n) is 14.1. The molecule has 2 aromatic heterocycles. The Balaban J connectivity index is 1.76. The Morgan fingerprint density at radius 2 is 1.84 bits per heavy atom. The van der Waals surface area contributed by atoms with Gasteiger partial charge in [-0.2, -0.15) is 11.3 Å². The number of fused-ring (bicyclic) bond motifs is 1. The van der Waals surface area contributed by atoms with Crippen LogP contribution in [-0.4, -0.2) is 21.4 Å². The van der Waals surface area contributed by atoms with Crippen LogP contribution in [0.1, 0.15) is 67.4 Å². The fourth-order valence-corrected chi connectivity index (χ4v) is 5.78. The van der Waals surface area contributed by atoms with Crippen LogP contribution in [0.4, 0.5) is 5.82 Å². The minimum Gasteiger partial charge on any atom is -0.310 e. The van der Waals surface area contributed by atoms with E-state index < -0.39 is 0 Å². The number of amides is 1. The largest absolute Gasteiger partial charge is 0.310 e. The van der Waals surface area contributed by atoms with Gasteiger partial charge in [0.15, 0.2) is 0 Å². The summed E-state index contributed by atoms with van der Waals surface area (Å²) >= 11 is 3.16. The van der Waals surface area contributed by atoms with Gasteiger partial charge in [-0.3, -0.25) is 19.4 Å². The number of anilines is 1. The predicted molar refractivity (Wildman–Crippen MR) is 104 cm³/mol. The van der Waals surface area contributed by atoms with Gasteiger partial charge in [-0.05, 0) is 35.2 Å². The molecule has 2 aliphatic rings. The van der Waals surface area contributed by atoms with Gasteiger partial charge >= 0.3 is 0 Å². The number of H-pyrrole nitrogens is 1. The molecule has 1 saturated carbocycles. The van der Waals surface area contributed by atoms with E-state index in [1.807, 2.05) is 10.1 Å². The molecule has 0 saturated heterocycles. The molecule has 1 aliphatic heterocycles. The lowest BCUT2D eigenvalue weighted by Gasteiger charge is -2.23. The van der Waals surface area contributed by atoms with Gasteiger partial charge in [0.2, 0.25) is 5.91 Å². The van der Waals surface area contributed by atoms with Gasteiger partial charge in [0, 0.05) is 0 Å². The number of thioether (sulfide) groups is 1. The molecule has 25 heavy (non-hydrogen) atoms. The van der Waals surface area contributed by atoms with Gasteiger partial charge in [0.05, 0.1) is 22.6 Å². The summed E-state index contributed by atoms with van der Waals surface area (Å²) in [5.41, 5.74) is 1.74. The number of nitrogens with zero attached hydrogens (tertiary/aromatic N) is 1. The molecule has 1 unspecified atom stereocenters. The monoisotopic (exact) mass is 377 g/mol. The number of carbonyl (C=O) groups is 1. The SMILES string of the molecule is O=C1CSC(c2ccsc2)c2c(n(C3CCCCCCC3)[nH]c2=O)N1. The first-order valence-corrected chi connectivity index (χ1v) is 11.0. The second kappa shape index (κ2) is 7.41. The van der Waals surface area contributed by atoms with Crippen LogP contribution in [0.5, 0.6) is 0 Å². The standard InChI is InChI=1S/C18H23N3O2S2/c22-14-11-25-16(12-8-9-24-10-12)15-17(19-14)21(20-18(15)23)13-6-4-2-1-3-5-7-13/h8-10,13,16H,1-7,11H2,(H,19,22)(H,20,23). The summed E-state index contributed by atoms with van der Waals surface area (Å²) in [5, 5.41) is 10.1. The second-order valence-corrected chi connectivity index (χ2v) is 8.74. The first-order valence-electron chi connectivity index (χ1n) is 9.02. The van der Waals surface area contributed by atoms with Crippen molar-refractivity contribution in [1.82, 2.24) is 9.78 Å². The van der Waals surface area contributed by atoms with E-state index in [-0.39, 0.29) is 22.8 Å². The summed E-state index contributed by atoms with van der Waals surface area (Å²) < 4.78 is 1.96. The lowest BCUT2D eigenvalue weighted by Crippen LogP contribution is -2.20. The molecule has 4 rings (SSSR count). The fourth-order valence-electron chi connectivity index (χ4n) is 3.90. The summed E-state index contributed by atoms with van der Waals surface area (Å²) in [4.78, 5) is 25.1. The van der Waals surface area contributed by atoms with Crippen molar-refractivity contribution in [2.24, 2.45) is 0 Å². The third kappa shape index (κ3) is 3.44. The van der Waals surface area contributed by atoms with E-state index in [1.54, 1.807) is 11.3 Å². The molecule has 1 aliphatic carbocycles. The number of hydrogen-bond acceptors (Lipinski definition) is 4. The minimum atomic E-state index is -0.0845. The molecular formula is C18H23N3O2S2. The first kappa shape index (κ1) is 17.0. The number of nitrogens with one attached hydrogen (secondary N) is 2. The highest BCUT2D eigenvalue weighted by Crippen LogP contribution is 2.41. The molecule has 134 valence electrons. The van der Waals surface area contributed by atoms with Crippen molar-refractivity contribution < 1.29 is 4.79 Å². The van der Waals surface area contributed by atoms with Crippen molar-refractivity contribution in [2.45, 2.75) is 56.2 Å². The molecule has 7 heteroatoms. The van der Waals surface area contributed by atoms with Crippen molar-refractivity contribution in [3.05, 3.63) is 38.3 Å². The van der Waals surface area contributed by atoms with Gasteiger partial charge in [0.1, 0.15) is 5.82 Å². The molecule has 0 radical (unpaired) electrons. The molecule has 2 N–H and O–H groups in total. The topological polar surface area (TPSA) is 66.9 Å². The van der Waals surface area contributed by atoms with Gasteiger partial charge in [0.25, 0.3) is 5.56 Å². The number of aromatic nitrogens is 2. The number of hydrogen-bond donors (Lipinski definition) is 2. The lowest BCUT2D eigenvalue weighted by molar-refractivity contribution is -0.113. The van der Waals surface area contributed by atoms with Gasteiger partial charge in [-0.25, -0.2) is 0 Å². The Morgan fingerprint density at radius 3 is 2.56 bits per heavy atom. The van der Waals surface area contributed by atoms with E-state index in [9.17, 15) is 9.59 Å². The lowest BCUT2D eigenvalue weighted by atomic mass is 9.97. The van der Waals surface area contributed by atoms with Crippen molar-refractivity contribution in [3.63, 3.8) is 0 Å². The highest BCUT2D eigenvalue weighted by molar-refractivity contribution is 8.00. The normalized spacial score (nSPS) is 22.6. The Hall–Kier alpha value is -1.47. The number of aromatic amines is 1. The Labute approximate surface area is 155 Å². The summed E-state index contributed by atoms with van der Waals surface area (Å²) in [6.45, 7) is 0. The molecule has 1 atom stereocenters. The Bertz CT molecular complexity index is 786. The smallest absolute Gasteiger partial charge is 0.270 e. The number of thiophene rings is 1. The second-order valence-electron chi connectivity index (χ2n) is 6.87. The van der Waals surface area contributed by atoms with Crippen molar-refractivity contribution in [3.8, 4) is 0 Å². The molecule has 0 aromatic carbocycles. The molecule has 3 heterocycles. The molecule has 1 fully saturated rings. The molecule has 5 nitrogen and oxygen atoms in total. The summed E-state index contributed by atoms with van der Waals surface area (Å²) in [6, 6.07) is 2.32. The zero-order chi connectivity index (χ0) is 17.2. The summed E-state index contributed by atoms with van der Waals surface area (Å²) in [5.74, 6) is 1.04. The number of carbonyl (C=O) groups excluding carboxylic acids is 1. The maximum atomic E-state index is 12.8. The summed E-state index contributed by atoms with van der Waals surface area (Å²) in [7, 11) is 0. The Morgan fingerprint density at radius 1 is 1.08 bits per heavy atom. The molecule has 1 amide bonds. The van der Waals surface area contributed by atoms with Gasteiger partial charge < -0.3 is 5.32 Å². The fraction of sp³-hybridized carbons (Fsp3) is 0.556. The van der Waals surface area contributed by atoms with Gasteiger partial charge in [-0.1, -0.05) is 32.1 Å². The quantitative estimate of drug-likeness (QED) is 0.820. The van der Waals surface area contributed by atoms with Gasteiger partial charge in [-0.15, -0.1) is 11.8 Å². The molecule has 2 aromatic rings. The molecule has 0 spiro atoms.